The molecule has 3 nitrogen and oxygen atoms in total. The Hall–Kier alpha value is -1.23. The standard InChI is InChI=1S/C17H20ClNO2S/c1-12-10-14(13(2)19(12)8-9-21-3)16(20)11-22-17-7-5-4-6-15(17)18/h4-7,10H,8-9,11H2,1-3H3. The van der Waals surface area contributed by atoms with Crippen LogP contribution in [0.1, 0.15) is 21.7 Å². The van der Waals surface area contributed by atoms with Crippen LogP contribution < -0.4 is 0 Å². The van der Waals surface area contributed by atoms with Crippen LogP contribution in [0.5, 0.6) is 0 Å². The quantitative estimate of drug-likeness (QED) is 0.555. The Morgan fingerprint density at radius 3 is 2.73 bits per heavy atom. The highest BCUT2D eigenvalue weighted by molar-refractivity contribution is 8.00. The Morgan fingerprint density at radius 2 is 2.05 bits per heavy atom. The van der Waals surface area contributed by atoms with E-state index in [9.17, 15) is 4.79 Å². The Morgan fingerprint density at radius 1 is 1.32 bits per heavy atom. The minimum atomic E-state index is 0.127. The number of aromatic nitrogens is 1. The lowest BCUT2D eigenvalue weighted by Crippen LogP contribution is -2.09. The SMILES string of the molecule is COCCn1c(C)cc(C(=O)CSc2ccccc2Cl)c1C. The number of carbonyl (C=O) groups excluding carboxylic acids is 1. The minimum Gasteiger partial charge on any atom is -0.383 e. The lowest BCUT2D eigenvalue weighted by Gasteiger charge is -2.09. The predicted molar refractivity (Wildman–Crippen MR) is 92.3 cm³/mol. The molecule has 0 amide bonds. The van der Waals surface area contributed by atoms with E-state index in [1.165, 1.54) is 11.8 Å². The maximum absolute atomic E-state index is 12.5. The van der Waals surface area contributed by atoms with Gasteiger partial charge in [-0.25, -0.2) is 0 Å². The monoisotopic (exact) mass is 337 g/mol. The number of ketones is 1. The fourth-order valence-corrected chi connectivity index (χ4v) is 3.52. The van der Waals surface area contributed by atoms with E-state index in [-0.39, 0.29) is 5.78 Å². The summed E-state index contributed by atoms with van der Waals surface area (Å²) < 4.78 is 7.24. The molecular weight excluding hydrogens is 318 g/mol. The summed E-state index contributed by atoms with van der Waals surface area (Å²) in [4.78, 5) is 13.4. The van der Waals surface area contributed by atoms with Crippen molar-refractivity contribution in [3.8, 4) is 0 Å². The van der Waals surface area contributed by atoms with Crippen molar-refractivity contribution in [2.45, 2.75) is 25.3 Å². The zero-order valence-electron chi connectivity index (χ0n) is 13.1. The van der Waals surface area contributed by atoms with Gasteiger partial charge in [-0.3, -0.25) is 4.79 Å². The summed E-state index contributed by atoms with van der Waals surface area (Å²) in [6, 6.07) is 9.54. The molecule has 0 radical (unpaired) electrons. The van der Waals surface area contributed by atoms with Crippen LogP contribution in [0.3, 0.4) is 0 Å². The Kier molecular flexibility index (Phi) is 6.12. The largest absolute Gasteiger partial charge is 0.383 e. The number of rotatable bonds is 7. The molecule has 118 valence electrons. The average Bonchev–Trinajstić information content (AvgIpc) is 2.79. The molecule has 1 heterocycles. The van der Waals surface area contributed by atoms with Crippen molar-refractivity contribution in [1.82, 2.24) is 4.57 Å². The number of carbonyl (C=O) groups is 1. The van der Waals surface area contributed by atoms with Crippen molar-refractivity contribution in [1.29, 1.82) is 0 Å². The van der Waals surface area contributed by atoms with Crippen LogP contribution in [0.4, 0.5) is 0 Å². The smallest absolute Gasteiger partial charge is 0.174 e. The number of nitrogens with zero attached hydrogens (tertiary/aromatic N) is 1. The van der Waals surface area contributed by atoms with Gasteiger partial charge in [0.25, 0.3) is 0 Å². The summed E-state index contributed by atoms with van der Waals surface area (Å²) in [5, 5.41) is 0.686. The first-order valence-corrected chi connectivity index (χ1v) is 8.47. The van der Waals surface area contributed by atoms with Crippen molar-refractivity contribution in [3.05, 3.63) is 52.3 Å². The summed E-state index contributed by atoms with van der Waals surface area (Å²) >= 11 is 7.60. The summed E-state index contributed by atoms with van der Waals surface area (Å²) in [7, 11) is 1.68. The summed E-state index contributed by atoms with van der Waals surface area (Å²) in [5.41, 5.74) is 2.87. The molecule has 0 saturated carbocycles. The van der Waals surface area contributed by atoms with Crippen LogP contribution in [0.25, 0.3) is 0 Å². The van der Waals surface area contributed by atoms with Crippen molar-refractivity contribution < 1.29 is 9.53 Å². The fraction of sp³-hybridized carbons (Fsp3) is 0.353. The molecule has 0 N–H and O–H groups in total. The van der Waals surface area contributed by atoms with Crippen molar-refractivity contribution in [2.75, 3.05) is 19.5 Å². The van der Waals surface area contributed by atoms with Gasteiger partial charge in [0.2, 0.25) is 0 Å². The highest BCUT2D eigenvalue weighted by atomic mass is 35.5. The van der Waals surface area contributed by atoms with Crippen molar-refractivity contribution in [2.24, 2.45) is 0 Å². The van der Waals surface area contributed by atoms with E-state index in [0.717, 1.165) is 28.4 Å². The van der Waals surface area contributed by atoms with E-state index in [0.29, 0.717) is 17.4 Å². The van der Waals surface area contributed by atoms with E-state index in [2.05, 4.69) is 4.57 Å². The van der Waals surface area contributed by atoms with E-state index in [1.807, 2.05) is 44.2 Å². The van der Waals surface area contributed by atoms with Crippen LogP contribution in [-0.2, 0) is 11.3 Å². The summed E-state index contributed by atoms with van der Waals surface area (Å²) in [6.45, 7) is 5.40. The van der Waals surface area contributed by atoms with E-state index < -0.39 is 0 Å². The maximum Gasteiger partial charge on any atom is 0.174 e. The molecule has 1 aromatic carbocycles. The lowest BCUT2D eigenvalue weighted by atomic mass is 10.2. The van der Waals surface area contributed by atoms with Gasteiger partial charge in [0, 0.05) is 35.5 Å². The second-order valence-electron chi connectivity index (χ2n) is 5.07. The lowest BCUT2D eigenvalue weighted by molar-refractivity contribution is 0.102. The second kappa shape index (κ2) is 7.86. The van der Waals surface area contributed by atoms with Gasteiger partial charge in [-0.15, -0.1) is 11.8 Å². The molecule has 0 atom stereocenters. The van der Waals surface area contributed by atoms with Crippen LogP contribution >= 0.6 is 23.4 Å². The van der Waals surface area contributed by atoms with Gasteiger partial charge in [-0.1, -0.05) is 23.7 Å². The minimum absolute atomic E-state index is 0.127. The van der Waals surface area contributed by atoms with Crippen molar-refractivity contribution in [3.63, 3.8) is 0 Å². The van der Waals surface area contributed by atoms with Crippen LogP contribution in [0, 0.1) is 13.8 Å². The van der Waals surface area contributed by atoms with Gasteiger partial charge in [-0.2, -0.15) is 0 Å². The Labute approximate surface area is 140 Å². The molecule has 2 rings (SSSR count). The van der Waals surface area contributed by atoms with Gasteiger partial charge in [0.05, 0.1) is 17.4 Å². The number of hydrogen-bond donors (Lipinski definition) is 0. The number of methoxy groups -OCH3 is 1. The molecule has 0 unspecified atom stereocenters. The topological polar surface area (TPSA) is 31.2 Å². The van der Waals surface area contributed by atoms with E-state index in [4.69, 9.17) is 16.3 Å². The molecule has 0 spiro atoms. The molecule has 22 heavy (non-hydrogen) atoms. The Bertz CT molecular complexity index is 667. The van der Waals surface area contributed by atoms with Gasteiger partial charge in [-0.05, 0) is 32.0 Å². The van der Waals surface area contributed by atoms with Crippen molar-refractivity contribution >= 4 is 29.1 Å². The number of aryl methyl sites for hydroxylation is 1. The molecule has 0 aliphatic rings. The number of thioether (sulfide) groups is 1. The molecular formula is C17H20ClNO2S. The number of Topliss-reactive ketones (excluding diaryl/α,β-unsaturated/α-hetero) is 1. The number of ether oxygens (including phenoxy) is 1. The first-order valence-electron chi connectivity index (χ1n) is 7.10. The zero-order valence-corrected chi connectivity index (χ0v) is 14.6. The molecule has 0 aliphatic carbocycles. The Balaban J connectivity index is 2.08. The fourth-order valence-electron chi connectivity index (χ4n) is 2.39. The molecule has 0 fully saturated rings. The molecule has 1 aromatic heterocycles. The first-order chi connectivity index (χ1) is 10.5. The third-order valence-corrected chi connectivity index (χ3v) is 5.10. The van der Waals surface area contributed by atoms with Gasteiger partial charge in [0.15, 0.2) is 5.78 Å². The predicted octanol–water partition coefficient (Wildman–Crippen LogP) is 4.38. The van der Waals surface area contributed by atoms with Crippen LogP contribution in [0.2, 0.25) is 5.02 Å². The highest BCUT2D eigenvalue weighted by Crippen LogP contribution is 2.28. The normalized spacial score (nSPS) is 10.9. The summed E-state index contributed by atoms with van der Waals surface area (Å²) in [6.07, 6.45) is 0. The van der Waals surface area contributed by atoms with Crippen LogP contribution in [-0.4, -0.2) is 29.8 Å². The molecule has 5 heteroatoms. The molecule has 0 saturated heterocycles. The average molecular weight is 338 g/mol. The van der Waals surface area contributed by atoms with E-state index in [1.54, 1.807) is 7.11 Å². The molecule has 2 aromatic rings. The zero-order chi connectivity index (χ0) is 16.1. The van der Waals surface area contributed by atoms with Crippen LogP contribution in [0.15, 0.2) is 35.2 Å². The third kappa shape index (κ3) is 3.94. The first kappa shape index (κ1) is 17.1. The number of halogens is 1. The number of hydrogen-bond acceptors (Lipinski definition) is 3. The van der Waals surface area contributed by atoms with Gasteiger partial charge >= 0.3 is 0 Å². The third-order valence-electron chi connectivity index (χ3n) is 3.59. The van der Waals surface area contributed by atoms with Gasteiger partial charge < -0.3 is 9.30 Å². The second-order valence-corrected chi connectivity index (χ2v) is 6.50. The molecule has 0 bridgehead atoms. The van der Waals surface area contributed by atoms with E-state index >= 15 is 0 Å². The highest BCUT2D eigenvalue weighted by Gasteiger charge is 2.16. The summed E-state index contributed by atoms with van der Waals surface area (Å²) in [5.74, 6) is 0.514. The molecule has 0 aliphatic heterocycles. The van der Waals surface area contributed by atoms with Gasteiger partial charge in [0.1, 0.15) is 0 Å². The number of benzene rings is 1. The maximum atomic E-state index is 12.5.